The molecule has 0 saturated carbocycles. The molecule has 0 aliphatic carbocycles. The van der Waals surface area contributed by atoms with Crippen molar-refractivity contribution < 1.29 is 14.3 Å². The molecule has 1 N–H and O–H groups in total. The van der Waals surface area contributed by atoms with Gasteiger partial charge in [-0.1, -0.05) is 17.7 Å². The zero-order valence-corrected chi connectivity index (χ0v) is 15.6. The number of urea groups is 1. The topological polar surface area (TPSA) is 54.0 Å². The normalized spacial score (nSPS) is 14.1. The van der Waals surface area contributed by atoms with Crippen molar-refractivity contribution in [2.45, 2.75) is 0 Å². The van der Waals surface area contributed by atoms with Gasteiger partial charge in [0.1, 0.15) is 11.5 Å². The summed E-state index contributed by atoms with van der Waals surface area (Å²) in [5.74, 6) is 1.26. The van der Waals surface area contributed by atoms with Gasteiger partial charge in [-0.25, -0.2) is 4.79 Å². The highest BCUT2D eigenvalue weighted by atomic mass is 35.5. The number of rotatable bonds is 4. The Hall–Kier alpha value is -2.60. The number of carbonyl (C=O) groups is 1. The third-order valence-corrected chi connectivity index (χ3v) is 4.58. The first-order valence-corrected chi connectivity index (χ1v) is 8.76. The van der Waals surface area contributed by atoms with Crippen LogP contribution in [0.3, 0.4) is 0 Å². The third kappa shape index (κ3) is 4.32. The van der Waals surface area contributed by atoms with Gasteiger partial charge in [0.15, 0.2) is 0 Å². The van der Waals surface area contributed by atoms with E-state index in [-0.39, 0.29) is 6.03 Å². The zero-order chi connectivity index (χ0) is 18.5. The van der Waals surface area contributed by atoms with Crippen molar-refractivity contribution in [1.29, 1.82) is 0 Å². The quantitative estimate of drug-likeness (QED) is 0.885. The van der Waals surface area contributed by atoms with Gasteiger partial charge in [0, 0.05) is 60.8 Å². The van der Waals surface area contributed by atoms with Gasteiger partial charge in [0.25, 0.3) is 0 Å². The second kappa shape index (κ2) is 8.19. The van der Waals surface area contributed by atoms with Gasteiger partial charge in [-0.3, -0.25) is 0 Å². The van der Waals surface area contributed by atoms with E-state index < -0.39 is 0 Å². The average molecular weight is 376 g/mol. The first-order chi connectivity index (χ1) is 12.6. The van der Waals surface area contributed by atoms with E-state index in [1.54, 1.807) is 37.3 Å². The summed E-state index contributed by atoms with van der Waals surface area (Å²) in [6.07, 6.45) is 0. The summed E-state index contributed by atoms with van der Waals surface area (Å²) >= 11 is 6.06. The lowest BCUT2D eigenvalue weighted by molar-refractivity contribution is 0.208. The summed E-state index contributed by atoms with van der Waals surface area (Å²) in [4.78, 5) is 16.6. The van der Waals surface area contributed by atoms with Crippen LogP contribution >= 0.6 is 11.6 Å². The largest absolute Gasteiger partial charge is 0.497 e. The van der Waals surface area contributed by atoms with Crippen LogP contribution in [0.15, 0.2) is 42.5 Å². The van der Waals surface area contributed by atoms with Gasteiger partial charge >= 0.3 is 6.03 Å². The Morgan fingerprint density at radius 2 is 1.65 bits per heavy atom. The first kappa shape index (κ1) is 18.2. The number of amides is 2. The average Bonchev–Trinajstić information content (AvgIpc) is 2.67. The van der Waals surface area contributed by atoms with E-state index in [9.17, 15) is 4.79 Å². The second-order valence-corrected chi connectivity index (χ2v) is 6.42. The lowest BCUT2D eigenvalue weighted by Gasteiger charge is -2.36. The Morgan fingerprint density at radius 3 is 2.23 bits per heavy atom. The first-order valence-electron chi connectivity index (χ1n) is 8.38. The van der Waals surface area contributed by atoms with Crippen LogP contribution < -0.4 is 19.7 Å². The van der Waals surface area contributed by atoms with Crippen molar-refractivity contribution in [3.05, 3.63) is 47.5 Å². The zero-order valence-electron chi connectivity index (χ0n) is 14.9. The molecule has 138 valence electrons. The third-order valence-electron chi connectivity index (χ3n) is 4.34. The van der Waals surface area contributed by atoms with E-state index >= 15 is 0 Å². The summed E-state index contributed by atoms with van der Waals surface area (Å²) in [5.41, 5.74) is 1.72. The Morgan fingerprint density at radius 1 is 1.00 bits per heavy atom. The molecular formula is C19H22ClN3O3. The van der Waals surface area contributed by atoms with E-state index in [0.717, 1.165) is 23.8 Å². The molecule has 1 heterocycles. The Kier molecular flexibility index (Phi) is 5.73. The fraction of sp³-hybridized carbons (Fsp3) is 0.316. The SMILES string of the molecule is COc1cc(NC(=O)N2CCN(c3cccc(Cl)c3)CC2)cc(OC)c1. The number of nitrogens with zero attached hydrogens (tertiary/aromatic N) is 2. The molecule has 3 rings (SSSR count). The molecule has 0 bridgehead atoms. The predicted octanol–water partition coefficient (Wildman–Crippen LogP) is 3.71. The highest BCUT2D eigenvalue weighted by molar-refractivity contribution is 6.30. The molecule has 0 radical (unpaired) electrons. The summed E-state index contributed by atoms with van der Waals surface area (Å²) in [6, 6.07) is 12.9. The van der Waals surface area contributed by atoms with Crippen molar-refractivity contribution in [2.24, 2.45) is 0 Å². The molecule has 2 aromatic carbocycles. The maximum atomic E-state index is 12.6. The van der Waals surface area contributed by atoms with Crippen LogP contribution in [0.5, 0.6) is 11.5 Å². The van der Waals surface area contributed by atoms with Crippen LogP contribution in [-0.2, 0) is 0 Å². The summed E-state index contributed by atoms with van der Waals surface area (Å²) in [5, 5.41) is 3.63. The van der Waals surface area contributed by atoms with Gasteiger partial charge in [0.05, 0.1) is 14.2 Å². The molecule has 1 aliphatic heterocycles. The molecule has 26 heavy (non-hydrogen) atoms. The van der Waals surface area contributed by atoms with E-state index in [0.29, 0.717) is 30.3 Å². The van der Waals surface area contributed by atoms with Crippen molar-refractivity contribution >= 4 is 29.0 Å². The number of piperazine rings is 1. The fourth-order valence-electron chi connectivity index (χ4n) is 2.92. The highest BCUT2D eigenvalue weighted by Crippen LogP contribution is 2.26. The lowest BCUT2D eigenvalue weighted by atomic mass is 10.2. The van der Waals surface area contributed by atoms with Crippen molar-refractivity contribution in [3.63, 3.8) is 0 Å². The van der Waals surface area contributed by atoms with Crippen LogP contribution in [-0.4, -0.2) is 51.3 Å². The minimum atomic E-state index is -0.133. The number of methoxy groups -OCH3 is 2. The standard InChI is InChI=1S/C19H22ClN3O3/c1-25-17-11-15(12-18(13-17)26-2)21-19(24)23-8-6-22(7-9-23)16-5-3-4-14(20)10-16/h3-5,10-13H,6-9H2,1-2H3,(H,21,24). The van der Waals surface area contributed by atoms with Gasteiger partial charge in [-0.2, -0.15) is 0 Å². The van der Waals surface area contributed by atoms with E-state index in [1.807, 2.05) is 24.3 Å². The van der Waals surface area contributed by atoms with Gasteiger partial charge in [-0.05, 0) is 18.2 Å². The molecule has 0 aromatic heterocycles. The van der Waals surface area contributed by atoms with E-state index in [1.165, 1.54) is 0 Å². The Labute approximate surface area is 158 Å². The second-order valence-electron chi connectivity index (χ2n) is 5.99. The van der Waals surface area contributed by atoms with Crippen LogP contribution in [0, 0.1) is 0 Å². The molecule has 0 spiro atoms. The summed E-state index contributed by atoms with van der Waals surface area (Å²) in [7, 11) is 3.16. The minimum Gasteiger partial charge on any atom is -0.497 e. The smallest absolute Gasteiger partial charge is 0.321 e. The molecule has 1 fully saturated rings. The minimum absolute atomic E-state index is 0.133. The molecule has 0 atom stereocenters. The number of ether oxygens (including phenoxy) is 2. The van der Waals surface area contributed by atoms with Crippen LogP contribution in [0.25, 0.3) is 0 Å². The van der Waals surface area contributed by atoms with Crippen molar-refractivity contribution in [1.82, 2.24) is 4.90 Å². The van der Waals surface area contributed by atoms with Crippen LogP contribution in [0.4, 0.5) is 16.2 Å². The molecule has 1 aliphatic rings. The maximum Gasteiger partial charge on any atom is 0.321 e. The lowest BCUT2D eigenvalue weighted by Crippen LogP contribution is -2.50. The molecular weight excluding hydrogens is 354 g/mol. The number of carbonyl (C=O) groups excluding carboxylic acids is 1. The number of anilines is 2. The summed E-state index contributed by atoms with van der Waals surface area (Å²) < 4.78 is 10.5. The molecule has 1 saturated heterocycles. The van der Waals surface area contributed by atoms with Gasteiger partial charge in [-0.15, -0.1) is 0 Å². The number of hydrogen-bond acceptors (Lipinski definition) is 4. The van der Waals surface area contributed by atoms with E-state index in [4.69, 9.17) is 21.1 Å². The van der Waals surface area contributed by atoms with Gasteiger partial charge in [0.2, 0.25) is 0 Å². The van der Waals surface area contributed by atoms with Crippen molar-refractivity contribution in [2.75, 3.05) is 50.6 Å². The number of hydrogen-bond donors (Lipinski definition) is 1. The molecule has 7 heteroatoms. The predicted molar refractivity (Wildman–Crippen MR) is 104 cm³/mol. The van der Waals surface area contributed by atoms with Gasteiger partial charge < -0.3 is 24.6 Å². The number of benzene rings is 2. The highest BCUT2D eigenvalue weighted by Gasteiger charge is 2.21. The summed E-state index contributed by atoms with van der Waals surface area (Å²) in [6.45, 7) is 2.79. The number of nitrogens with one attached hydrogen (secondary N) is 1. The number of halogens is 1. The van der Waals surface area contributed by atoms with Crippen LogP contribution in [0.2, 0.25) is 5.02 Å². The van der Waals surface area contributed by atoms with Crippen molar-refractivity contribution in [3.8, 4) is 11.5 Å². The molecule has 2 amide bonds. The maximum absolute atomic E-state index is 12.6. The molecule has 0 unspecified atom stereocenters. The van der Waals surface area contributed by atoms with E-state index in [2.05, 4.69) is 10.2 Å². The fourth-order valence-corrected chi connectivity index (χ4v) is 3.11. The Bertz CT molecular complexity index is 754. The monoisotopic (exact) mass is 375 g/mol. The molecule has 6 nitrogen and oxygen atoms in total. The Balaban J connectivity index is 1.60. The molecule has 2 aromatic rings. The van der Waals surface area contributed by atoms with Crippen LogP contribution in [0.1, 0.15) is 0 Å².